The highest BCUT2D eigenvalue weighted by atomic mass is 16.4. The lowest BCUT2D eigenvalue weighted by Gasteiger charge is -2.03. The van der Waals surface area contributed by atoms with Gasteiger partial charge in [-0.3, -0.25) is 0 Å². The van der Waals surface area contributed by atoms with Crippen molar-refractivity contribution < 1.29 is 14.6 Å². The molecule has 1 N–H and O–H groups in total. The van der Waals surface area contributed by atoms with Crippen molar-refractivity contribution in [3.63, 3.8) is 0 Å². The second-order valence-corrected chi connectivity index (χ2v) is 4.15. The molecule has 0 spiro atoms. The van der Waals surface area contributed by atoms with Crippen molar-refractivity contribution in [3.05, 3.63) is 47.3 Å². The topological polar surface area (TPSA) is 46.1 Å². The highest BCUT2D eigenvalue weighted by molar-refractivity contribution is 5.83. The summed E-state index contributed by atoms with van der Waals surface area (Å²) in [5.74, 6) is -0.915. The summed E-state index contributed by atoms with van der Waals surface area (Å²) in [6, 6.07) is 9.65. The highest BCUT2D eigenvalue weighted by Gasteiger charge is 2.23. The Balaban J connectivity index is 2.59. The van der Waals surface area contributed by atoms with Crippen LogP contribution >= 0.6 is 0 Å². The van der Waals surface area contributed by atoms with Crippen LogP contribution in [-0.2, 0) is 7.05 Å². The van der Waals surface area contributed by atoms with Gasteiger partial charge in [0.1, 0.15) is 5.69 Å². The van der Waals surface area contributed by atoms with Crippen LogP contribution in [0.1, 0.15) is 21.7 Å². The Kier molecular flexibility index (Phi) is 2.71. The number of aromatic carboxylic acids is 1. The summed E-state index contributed by atoms with van der Waals surface area (Å²) in [6.45, 7) is 3.92. The number of aromatic nitrogens is 2. The molecule has 0 bridgehead atoms. The molecule has 17 heavy (non-hydrogen) atoms. The van der Waals surface area contributed by atoms with Gasteiger partial charge in [-0.25, -0.2) is 4.79 Å². The maximum atomic E-state index is 11.0. The molecule has 0 saturated carbocycles. The Morgan fingerprint density at radius 1 is 1.24 bits per heavy atom. The molecular formula is C13H15N2O2+. The normalized spacial score (nSPS) is 10.5. The average Bonchev–Trinajstić information content (AvgIpc) is 2.56. The molecule has 0 radical (unpaired) electrons. The van der Waals surface area contributed by atoms with Crippen LogP contribution in [0.4, 0.5) is 0 Å². The Morgan fingerprint density at radius 3 is 2.29 bits per heavy atom. The first-order valence-corrected chi connectivity index (χ1v) is 5.39. The highest BCUT2D eigenvalue weighted by Crippen LogP contribution is 2.11. The molecule has 0 fully saturated rings. The predicted octanol–water partition coefficient (Wildman–Crippen LogP) is 1.62. The van der Waals surface area contributed by atoms with Gasteiger partial charge in [-0.15, -0.1) is 4.68 Å². The third kappa shape index (κ3) is 1.93. The number of nitrogens with zero attached hydrogens (tertiary/aromatic N) is 2. The predicted molar refractivity (Wildman–Crippen MR) is 63.4 cm³/mol. The number of benzene rings is 1. The Hall–Kier alpha value is -2.10. The second kappa shape index (κ2) is 4.05. The summed E-state index contributed by atoms with van der Waals surface area (Å²) in [7, 11) is 1.75. The molecule has 0 atom stereocenters. The van der Waals surface area contributed by atoms with E-state index < -0.39 is 5.97 Å². The lowest BCUT2D eigenvalue weighted by Crippen LogP contribution is -2.43. The third-order valence-corrected chi connectivity index (χ3v) is 2.83. The van der Waals surface area contributed by atoms with E-state index in [0.717, 1.165) is 11.4 Å². The van der Waals surface area contributed by atoms with E-state index in [0.29, 0.717) is 0 Å². The van der Waals surface area contributed by atoms with Gasteiger partial charge in [0.2, 0.25) is 0 Å². The maximum Gasteiger partial charge on any atom is 0.403 e. The fourth-order valence-electron chi connectivity index (χ4n) is 1.96. The molecule has 0 aliphatic rings. The number of carboxylic acids is 1. The minimum atomic E-state index is -0.915. The van der Waals surface area contributed by atoms with E-state index in [2.05, 4.69) is 0 Å². The Labute approximate surface area is 99.7 Å². The number of hydrogen-bond donors (Lipinski definition) is 1. The lowest BCUT2D eigenvalue weighted by atomic mass is 10.2. The molecule has 4 nitrogen and oxygen atoms in total. The smallest absolute Gasteiger partial charge is 0.403 e. The van der Waals surface area contributed by atoms with Crippen molar-refractivity contribution in [2.24, 2.45) is 7.05 Å². The van der Waals surface area contributed by atoms with E-state index >= 15 is 0 Å². The van der Waals surface area contributed by atoms with Crippen molar-refractivity contribution in [3.8, 4) is 5.69 Å². The van der Waals surface area contributed by atoms with Gasteiger partial charge in [-0.1, -0.05) is 22.4 Å². The van der Waals surface area contributed by atoms with Gasteiger partial charge < -0.3 is 5.11 Å². The first-order chi connectivity index (χ1) is 8.00. The van der Waals surface area contributed by atoms with Crippen LogP contribution in [0.2, 0.25) is 0 Å². The zero-order valence-electron chi connectivity index (χ0n) is 10.1. The minimum Gasteiger partial charge on any atom is -0.473 e. The SMILES string of the molecule is Cc1ccc(-n2c(C)cc(C(=O)O)[n+]2C)cc1. The van der Waals surface area contributed by atoms with Gasteiger partial charge in [0.15, 0.2) is 7.05 Å². The molecule has 4 heteroatoms. The van der Waals surface area contributed by atoms with E-state index in [-0.39, 0.29) is 5.69 Å². The number of carbonyl (C=O) groups is 1. The standard InChI is InChI=1S/C13H14N2O2/c1-9-4-6-11(7-5-9)15-10(2)8-12(13(16)17)14(15)3/h4-8H,1-3H3/p+1. The summed E-state index contributed by atoms with van der Waals surface area (Å²) < 4.78 is 3.52. The first-order valence-electron chi connectivity index (χ1n) is 5.39. The number of aryl methyl sites for hydroxylation is 2. The monoisotopic (exact) mass is 231 g/mol. The van der Waals surface area contributed by atoms with E-state index in [1.54, 1.807) is 17.8 Å². The van der Waals surface area contributed by atoms with Gasteiger partial charge in [-0.2, -0.15) is 0 Å². The Morgan fingerprint density at radius 2 is 1.82 bits per heavy atom. The van der Waals surface area contributed by atoms with Gasteiger partial charge in [0, 0.05) is 6.07 Å². The van der Waals surface area contributed by atoms with Crippen molar-refractivity contribution in [2.75, 3.05) is 0 Å². The molecule has 2 aromatic rings. The van der Waals surface area contributed by atoms with Crippen LogP contribution in [0.3, 0.4) is 0 Å². The summed E-state index contributed by atoms with van der Waals surface area (Å²) in [5, 5.41) is 9.06. The van der Waals surface area contributed by atoms with E-state index in [9.17, 15) is 4.79 Å². The van der Waals surface area contributed by atoms with Crippen LogP contribution in [0.25, 0.3) is 5.69 Å². The van der Waals surface area contributed by atoms with Crippen LogP contribution in [0.15, 0.2) is 30.3 Å². The molecule has 2 rings (SSSR count). The van der Waals surface area contributed by atoms with Crippen molar-refractivity contribution >= 4 is 5.97 Å². The quantitative estimate of drug-likeness (QED) is 0.798. The van der Waals surface area contributed by atoms with Gasteiger partial charge in [-0.05, 0) is 26.0 Å². The number of carboxylic acid groups (broad SMARTS) is 1. The molecule has 1 heterocycles. The van der Waals surface area contributed by atoms with Gasteiger partial charge in [0.25, 0.3) is 0 Å². The number of hydrogen-bond acceptors (Lipinski definition) is 1. The second-order valence-electron chi connectivity index (χ2n) is 4.15. The molecule has 0 aliphatic carbocycles. The largest absolute Gasteiger partial charge is 0.473 e. The molecule has 1 aromatic carbocycles. The molecule has 0 aliphatic heterocycles. The first kappa shape index (κ1) is 11.4. The summed E-state index contributed by atoms with van der Waals surface area (Å²) in [5.41, 5.74) is 3.32. The molecule has 0 saturated heterocycles. The summed E-state index contributed by atoms with van der Waals surface area (Å²) in [6.07, 6.45) is 0. The molecular weight excluding hydrogens is 216 g/mol. The zero-order valence-corrected chi connectivity index (χ0v) is 10.1. The van der Waals surface area contributed by atoms with Crippen LogP contribution < -0.4 is 4.68 Å². The Bertz CT molecular complexity index is 568. The van der Waals surface area contributed by atoms with E-state index in [1.165, 1.54) is 5.56 Å². The third-order valence-electron chi connectivity index (χ3n) is 2.83. The summed E-state index contributed by atoms with van der Waals surface area (Å²) >= 11 is 0. The number of rotatable bonds is 2. The molecule has 0 amide bonds. The fraction of sp³-hybridized carbons (Fsp3) is 0.231. The van der Waals surface area contributed by atoms with Crippen LogP contribution in [0, 0.1) is 13.8 Å². The fourth-order valence-corrected chi connectivity index (χ4v) is 1.96. The minimum absolute atomic E-state index is 0.281. The lowest BCUT2D eigenvalue weighted by molar-refractivity contribution is -0.746. The average molecular weight is 231 g/mol. The molecule has 0 unspecified atom stereocenters. The molecule has 1 aromatic heterocycles. The van der Waals surface area contributed by atoms with Crippen molar-refractivity contribution in [2.45, 2.75) is 13.8 Å². The van der Waals surface area contributed by atoms with Crippen LogP contribution in [0.5, 0.6) is 0 Å². The van der Waals surface area contributed by atoms with Gasteiger partial charge >= 0.3 is 11.7 Å². The molecule has 88 valence electrons. The van der Waals surface area contributed by atoms with Crippen LogP contribution in [-0.4, -0.2) is 15.8 Å². The van der Waals surface area contributed by atoms with Gasteiger partial charge in [0.05, 0.1) is 5.69 Å². The van der Waals surface area contributed by atoms with E-state index in [1.807, 2.05) is 42.8 Å². The maximum absolute atomic E-state index is 11.0. The summed E-state index contributed by atoms with van der Waals surface area (Å²) in [4.78, 5) is 11.0. The van der Waals surface area contributed by atoms with Crippen molar-refractivity contribution in [1.29, 1.82) is 0 Å². The van der Waals surface area contributed by atoms with Crippen molar-refractivity contribution in [1.82, 2.24) is 4.68 Å². The zero-order chi connectivity index (χ0) is 12.6. The van der Waals surface area contributed by atoms with E-state index in [4.69, 9.17) is 5.11 Å².